The van der Waals surface area contributed by atoms with Gasteiger partial charge in [0.2, 0.25) is 5.91 Å². The van der Waals surface area contributed by atoms with E-state index in [-0.39, 0.29) is 26.1 Å². The summed E-state index contributed by atoms with van der Waals surface area (Å²) in [5.74, 6) is 0.557. The summed E-state index contributed by atoms with van der Waals surface area (Å²) in [6, 6.07) is 4.84. The van der Waals surface area contributed by atoms with Crippen molar-refractivity contribution >= 4 is 11.6 Å². The molecule has 1 amide bonds. The van der Waals surface area contributed by atoms with E-state index >= 15 is 0 Å². The molecule has 1 unspecified atom stereocenters. The van der Waals surface area contributed by atoms with Crippen LogP contribution in [0.1, 0.15) is 6.42 Å². The fourth-order valence-electron chi connectivity index (χ4n) is 2.79. The summed E-state index contributed by atoms with van der Waals surface area (Å²) in [5.41, 5.74) is -1.78. The number of amides is 1. The number of halogens is 3. The normalized spacial score (nSPS) is 21.2. The summed E-state index contributed by atoms with van der Waals surface area (Å²) in [6.45, 7) is -0.412. The van der Waals surface area contributed by atoms with Gasteiger partial charge in [0, 0.05) is 44.1 Å². The molecule has 0 saturated carbocycles. The number of anilines is 1. The first-order valence-corrected chi connectivity index (χ1v) is 7.60. The Morgan fingerprint density at radius 3 is 2.24 bits per heavy atom. The molecular weight excluding hydrogens is 341 g/mol. The molecule has 0 bridgehead atoms. The Balaban J connectivity index is 2.00. The summed E-state index contributed by atoms with van der Waals surface area (Å²) < 4.78 is 54.4. The number of methoxy groups -OCH3 is 3. The van der Waals surface area contributed by atoms with E-state index in [9.17, 15) is 18.0 Å². The summed E-state index contributed by atoms with van der Waals surface area (Å²) in [4.78, 5) is 13.6. The fourth-order valence-corrected chi connectivity index (χ4v) is 2.79. The standard InChI is InChI=1S/C16H21F3N2O4/c1-23-12-6-11(7-13(8-12)24-2)20-14(22)9-21-5-4-15(10-21,25-3)16(17,18)19/h6-8H,4-5,9-10H2,1-3H3,(H,20,22). The zero-order chi connectivity index (χ0) is 18.7. The van der Waals surface area contributed by atoms with Gasteiger partial charge in [-0.2, -0.15) is 13.2 Å². The second kappa shape index (κ2) is 7.49. The minimum atomic E-state index is -4.48. The van der Waals surface area contributed by atoms with Crippen LogP contribution in [0.5, 0.6) is 11.5 Å². The third-order valence-corrected chi connectivity index (χ3v) is 4.22. The van der Waals surface area contributed by atoms with Crippen LogP contribution in [0.25, 0.3) is 0 Å². The molecule has 1 atom stereocenters. The average Bonchev–Trinajstić information content (AvgIpc) is 2.98. The zero-order valence-electron chi connectivity index (χ0n) is 14.3. The third kappa shape index (κ3) is 4.35. The van der Waals surface area contributed by atoms with Crippen molar-refractivity contribution in [1.82, 2.24) is 4.90 Å². The first-order valence-electron chi connectivity index (χ1n) is 7.60. The van der Waals surface area contributed by atoms with Crippen LogP contribution in [-0.4, -0.2) is 63.5 Å². The molecule has 9 heteroatoms. The Morgan fingerprint density at radius 1 is 1.20 bits per heavy atom. The summed E-state index contributed by atoms with van der Waals surface area (Å²) in [7, 11) is 4.00. The van der Waals surface area contributed by atoms with E-state index in [1.54, 1.807) is 18.2 Å². The molecule has 25 heavy (non-hydrogen) atoms. The largest absolute Gasteiger partial charge is 0.497 e. The molecule has 0 radical (unpaired) electrons. The first-order chi connectivity index (χ1) is 11.7. The van der Waals surface area contributed by atoms with Gasteiger partial charge in [-0.15, -0.1) is 0 Å². The van der Waals surface area contributed by atoms with Crippen molar-refractivity contribution in [3.63, 3.8) is 0 Å². The molecule has 1 aliphatic heterocycles. The van der Waals surface area contributed by atoms with E-state index in [1.165, 1.54) is 19.1 Å². The van der Waals surface area contributed by atoms with Crippen LogP contribution >= 0.6 is 0 Å². The fraction of sp³-hybridized carbons (Fsp3) is 0.562. The second-order valence-corrected chi connectivity index (χ2v) is 5.81. The number of alkyl halides is 3. The van der Waals surface area contributed by atoms with Crippen LogP contribution in [0.4, 0.5) is 18.9 Å². The number of rotatable bonds is 6. The minimum absolute atomic E-state index is 0.127. The van der Waals surface area contributed by atoms with Gasteiger partial charge in [-0.1, -0.05) is 0 Å². The van der Waals surface area contributed by atoms with Gasteiger partial charge in [-0.05, 0) is 6.42 Å². The van der Waals surface area contributed by atoms with Crippen molar-refractivity contribution in [3.05, 3.63) is 18.2 Å². The SMILES string of the molecule is COc1cc(NC(=O)CN2CCC(OC)(C(F)(F)F)C2)cc(OC)c1. The summed E-state index contributed by atoms with van der Waals surface area (Å²) in [6.07, 6.45) is -4.68. The highest BCUT2D eigenvalue weighted by atomic mass is 19.4. The molecule has 1 aliphatic rings. The lowest BCUT2D eigenvalue weighted by Gasteiger charge is -2.30. The summed E-state index contributed by atoms with van der Waals surface area (Å²) >= 11 is 0. The molecule has 0 spiro atoms. The van der Waals surface area contributed by atoms with Crippen molar-refractivity contribution in [2.24, 2.45) is 0 Å². The molecule has 0 aliphatic carbocycles. The minimum Gasteiger partial charge on any atom is -0.497 e. The van der Waals surface area contributed by atoms with Crippen molar-refractivity contribution in [3.8, 4) is 11.5 Å². The highest BCUT2D eigenvalue weighted by Gasteiger charge is 2.58. The zero-order valence-corrected chi connectivity index (χ0v) is 14.3. The van der Waals surface area contributed by atoms with E-state index in [4.69, 9.17) is 14.2 Å². The molecule has 1 heterocycles. The molecular formula is C16H21F3N2O4. The molecule has 1 aromatic rings. The van der Waals surface area contributed by atoms with Crippen molar-refractivity contribution in [2.75, 3.05) is 46.3 Å². The van der Waals surface area contributed by atoms with Crippen molar-refractivity contribution in [1.29, 1.82) is 0 Å². The van der Waals surface area contributed by atoms with Crippen LogP contribution in [0.15, 0.2) is 18.2 Å². The lowest BCUT2D eigenvalue weighted by Crippen LogP contribution is -2.49. The van der Waals surface area contributed by atoms with E-state index in [2.05, 4.69) is 5.32 Å². The number of ether oxygens (including phenoxy) is 3. The predicted molar refractivity (Wildman–Crippen MR) is 85.0 cm³/mol. The highest BCUT2D eigenvalue weighted by Crippen LogP contribution is 2.40. The number of benzene rings is 1. The summed E-state index contributed by atoms with van der Waals surface area (Å²) in [5, 5.41) is 2.64. The maximum absolute atomic E-state index is 13.2. The molecule has 1 N–H and O–H groups in total. The third-order valence-electron chi connectivity index (χ3n) is 4.22. The number of nitrogens with one attached hydrogen (secondary N) is 1. The topological polar surface area (TPSA) is 60.0 Å². The maximum Gasteiger partial charge on any atom is 0.418 e. The van der Waals surface area contributed by atoms with Crippen LogP contribution in [0.2, 0.25) is 0 Å². The lowest BCUT2D eigenvalue weighted by molar-refractivity contribution is -0.263. The van der Waals surface area contributed by atoms with Gasteiger partial charge in [0.15, 0.2) is 5.60 Å². The lowest BCUT2D eigenvalue weighted by atomic mass is 10.0. The highest BCUT2D eigenvalue weighted by molar-refractivity contribution is 5.92. The van der Waals surface area contributed by atoms with Gasteiger partial charge < -0.3 is 19.5 Å². The number of carbonyl (C=O) groups excluding carboxylic acids is 1. The molecule has 140 valence electrons. The number of hydrogen-bond donors (Lipinski definition) is 1. The molecule has 2 rings (SSSR count). The van der Waals surface area contributed by atoms with Crippen LogP contribution in [-0.2, 0) is 9.53 Å². The molecule has 6 nitrogen and oxygen atoms in total. The Morgan fingerprint density at radius 2 is 1.80 bits per heavy atom. The molecule has 1 fully saturated rings. The second-order valence-electron chi connectivity index (χ2n) is 5.81. The Kier molecular flexibility index (Phi) is 5.79. The molecule has 0 aromatic heterocycles. The monoisotopic (exact) mass is 362 g/mol. The smallest absolute Gasteiger partial charge is 0.418 e. The Labute approximate surface area is 143 Å². The van der Waals surface area contributed by atoms with Gasteiger partial charge in [-0.25, -0.2) is 0 Å². The van der Waals surface area contributed by atoms with E-state index < -0.39 is 17.7 Å². The van der Waals surface area contributed by atoms with Crippen LogP contribution in [0, 0.1) is 0 Å². The maximum atomic E-state index is 13.2. The average molecular weight is 362 g/mol. The number of carbonyl (C=O) groups is 1. The van der Waals surface area contributed by atoms with Crippen molar-refractivity contribution in [2.45, 2.75) is 18.2 Å². The first kappa shape index (κ1) is 19.3. The van der Waals surface area contributed by atoms with Gasteiger partial charge in [-0.3, -0.25) is 9.69 Å². The van der Waals surface area contributed by atoms with E-state index in [1.807, 2.05) is 0 Å². The van der Waals surface area contributed by atoms with E-state index in [0.717, 1.165) is 7.11 Å². The molecule has 1 saturated heterocycles. The van der Waals surface area contributed by atoms with Crippen LogP contribution < -0.4 is 14.8 Å². The Bertz CT molecular complexity index is 602. The van der Waals surface area contributed by atoms with E-state index in [0.29, 0.717) is 17.2 Å². The number of likely N-dealkylation sites (tertiary alicyclic amines) is 1. The van der Waals surface area contributed by atoms with Gasteiger partial charge in [0.1, 0.15) is 11.5 Å². The predicted octanol–water partition coefficient (Wildman–Crippen LogP) is 2.30. The van der Waals surface area contributed by atoms with Crippen LogP contribution in [0.3, 0.4) is 0 Å². The van der Waals surface area contributed by atoms with Crippen molar-refractivity contribution < 1.29 is 32.2 Å². The number of nitrogens with zero attached hydrogens (tertiary/aromatic N) is 1. The number of hydrogen-bond acceptors (Lipinski definition) is 5. The Hall–Kier alpha value is -2.00. The quantitative estimate of drug-likeness (QED) is 0.842. The van der Waals surface area contributed by atoms with Gasteiger partial charge >= 0.3 is 6.18 Å². The van der Waals surface area contributed by atoms with Gasteiger partial charge in [0.05, 0.1) is 20.8 Å². The molecule has 1 aromatic carbocycles. The van der Waals surface area contributed by atoms with Gasteiger partial charge in [0.25, 0.3) is 0 Å².